The molecule has 0 saturated carbocycles. The van der Waals surface area contributed by atoms with Crippen LogP contribution in [0.25, 0.3) is 0 Å². The Bertz CT molecular complexity index is 6050. The van der Waals surface area contributed by atoms with E-state index >= 15 is 0 Å². The summed E-state index contributed by atoms with van der Waals surface area (Å²) in [6.45, 7) is 13.9. The number of hydrogen-bond acceptors (Lipinski definition) is 28. The molecular weight excluding hydrogens is 2140 g/mol. The van der Waals surface area contributed by atoms with Crippen LogP contribution in [0, 0.1) is 70.2 Å². The first-order valence-corrected chi connectivity index (χ1v) is 58.1. The number of aliphatic hydroxyl groups is 2. The van der Waals surface area contributed by atoms with Crippen molar-refractivity contribution in [2.75, 3.05) is 132 Å². The maximum absolute atomic E-state index is 14.8. The van der Waals surface area contributed by atoms with Gasteiger partial charge in [-0.2, -0.15) is 64.8 Å². The number of sulfone groups is 4. The van der Waals surface area contributed by atoms with Gasteiger partial charge >= 0.3 is 51.4 Å². The molecule has 1 fully saturated rings. The van der Waals surface area contributed by atoms with Crippen LogP contribution in [0.3, 0.4) is 0 Å². The Labute approximate surface area is 870 Å². The number of benzene rings is 8. The molecule has 135 heavy (non-hydrogen) atoms. The van der Waals surface area contributed by atoms with E-state index in [1.165, 1.54) is 140 Å². The zero-order valence-electron chi connectivity index (χ0n) is 73.7. The maximum Gasteiger partial charge on any atom is 1.00 e. The molecule has 8 aromatic rings. The van der Waals surface area contributed by atoms with Crippen molar-refractivity contribution in [1.82, 2.24) is 4.90 Å². The average molecular weight is 2240 g/mol. The largest absolute Gasteiger partial charge is 1.00 e. The standard InChI is InChI=1S/C19H19ClF2O6S3.C18H17ClF2O4S2.C18H15ClF2O3S2.C17H15ClF2O6S2.C6H15N.C4H9O.C2H6OS.CH3ClO2S.CH4.K/c1-30(23,24)28-8-9-29-11-12-10-27-18-16(22)7-6-15(21)17(18)19(12)31(25,26)14-4-2-13(20)3-5-14;19-12-1-3-13(4-2-12)27(23,24)18-11(10-26-8-7-22)9-25-17-15(21)6-5-14(20)16(17)18;19-12-1-3-13(4-2-12)26(22,23)18-7-8-25-10-11(18)9-24-17-15(21)6-5-14(20)16(17)18;1-27(21,22)26-9-10-8-25-16-14(20)7-6-13(19)15(16)17(10)28(23,24)12-4-2-11(18)3-5-12;1-4-7(5-2)6-3;1-4(2,3)5;3-1-2-4;1-5(2,3)4;;/h2-7,12,19H,8-11H2,1H3;1-6,11,18,22H,7-10H2;1-6,11H,7-10H2;2-7,10,17H,8-9H2,1H3;4-6H2,1-3H3;1-3H3;3-4H,1-2H2;1H3;1H4;/q;;;;;-1;;;;+1/t12-,19-;2*11-,18-;10-,17?;;;;;;/m1101....../s1. The summed E-state index contributed by atoms with van der Waals surface area (Å²) in [4.78, 5) is 2.15. The minimum atomic E-state index is -4.27. The fourth-order valence-electron chi connectivity index (χ4n) is 13.9. The van der Waals surface area contributed by atoms with Gasteiger partial charge in [0.1, 0.15) is 43.8 Å². The normalized spacial score (nSPS) is 18.8. The predicted octanol–water partition coefficient (Wildman–Crippen LogP) is 14.5. The van der Waals surface area contributed by atoms with Crippen molar-refractivity contribution in [3.63, 3.8) is 0 Å². The zero-order chi connectivity index (χ0) is 99.7. The molecule has 8 aromatic carbocycles. The SMILES string of the molecule is C.CC(C)(C)[O-].CCN(CC)CC.CS(=O)(=O)Cl.CS(=O)(=O)OCCSC[C@H]1COc2c(F)ccc(F)c2[C@@H]1S(=O)(=O)c1ccc(Cl)cc1.CS(=O)(=O)OC[C@H]1COc2c(F)ccc(F)c2C1S(=O)(=O)c1ccc(Cl)cc1.O=S(=O)(c1ccc(Cl)cc1)[C@@]12CCSC[C@@H]1COc1c(F)ccc(F)c12.O=S(=O)(c1ccc(Cl)cc1)[C@H]1c2c(F)ccc(F)c2OC[C@@H]1CSCCO.OCCS.[K+]. The Morgan fingerprint density at radius 2 is 0.770 bits per heavy atom. The van der Waals surface area contributed by atoms with Crippen molar-refractivity contribution in [3.8, 4) is 23.0 Å². The number of nitrogens with zero attached hydrogens (tertiary/aromatic N) is 1. The third kappa shape index (κ3) is 35.4. The van der Waals surface area contributed by atoms with Crippen LogP contribution >= 0.6 is 105 Å². The minimum Gasteiger partial charge on any atom is -0.850 e. The quantitative estimate of drug-likeness (QED) is 0.0119. The van der Waals surface area contributed by atoms with E-state index in [9.17, 15) is 99.2 Å². The molecule has 5 aliphatic rings. The van der Waals surface area contributed by atoms with E-state index in [4.69, 9.17) is 79.7 Å². The first-order chi connectivity index (χ1) is 62.0. The molecule has 0 aliphatic carbocycles. The Morgan fingerprint density at radius 3 is 1.09 bits per heavy atom. The Kier molecular flexibility index (Phi) is 50.7. The van der Waals surface area contributed by atoms with Crippen molar-refractivity contribution in [1.29, 1.82) is 0 Å². The van der Waals surface area contributed by atoms with E-state index in [0.717, 1.165) is 67.3 Å². The van der Waals surface area contributed by atoms with Crippen molar-refractivity contribution in [2.24, 2.45) is 23.7 Å². The van der Waals surface area contributed by atoms with Gasteiger partial charge in [-0.1, -0.05) is 95.4 Å². The summed E-state index contributed by atoms with van der Waals surface area (Å²) in [6, 6.07) is 29.1. The molecule has 8 atom stereocenters. The number of thioether (sulfide) groups is 3. The van der Waals surface area contributed by atoms with Crippen molar-refractivity contribution in [3.05, 3.63) is 234 Å². The van der Waals surface area contributed by atoms with Gasteiger partial charge in [0, 0.05) is 89.0 Å². The first-order valence-electron chi connectivity index (χ1n) is 40.0. The third-order valence-corrected chi connectivity index (χ3v) is 34.7. The predicted molar refractivity (Wildman–Crippen MR) is 513 cm³/mol. The summed E-state index contributed by atoms with van der Waals surface area (Å²) in [5.41, 5.74) is -2.06. The van der Waals surface area contributed by atoms with Crippen LogP contribution in [0.5, 0.6) is 23.0 Å². The molecule has 0 bridgehead atoms. The number of fused-ring (bicyclic) bond motifs is 6. The van der Waals surface area contributed by atoms with E-state index < -0.39 is 189 Å². The van der Waals surface area contributed by atoms with Crippen LogP contribution in [-0.4, -0.2) is 211 Å². The smallest absolute Gasteiger partial charge is 0.850 e. The van der Waals surface area contributed by atoms with Crippen LogP contribution in [-0.2, 0) is 81.7 Å². The molecule has 5 aliphatic heterocycles. The van der Waals surface area contributed by atoms with E-state index in [-0.39, 0.29) is 171 Å². The Morgan fingerprint density at radius 1 is 0.474 bits per heavy atom. The van der Waals surface area contributed by atoms with Crippen LogP contribution < -0.4 is 75.4 Å². The van der Waals surface area contributed by atoms with Crippen LogP contribution in [0.15, 0.2) is 165 Å². The van der Waals surface area contributed by atoms with Crippen LogP contribution in [0.2, 0.25) is 20.1 Å². The molecule has 0 aromatic heterocycles. The van der Waals surface area contributed by atoms with E-state index in [0.29, 0.717) is 48.9 Å². The molecule has 1 unspecified atom stereocenters. The van der Waals surface area contributed by atoms with Gasteiger partial charge in [-0.15, -0.1) is 5.60 Å². The molecule has 0 radical (unpaired) electrons. The number of thiol groups is 1. The van der Waals surface area contributed by atoms with Gasteiger partial charge in [-0.05, 0) is 177 Å². The molecule has 49 heteroatoms. The summed E-state index contributed by atoms with van der Waals surface area (Å²) >= 11 is 31.2. The Hall–Kier alpha value is -3.70. The summed E-state index contributed by atoms with van der Waals surface area (Å²) in [7, 11) is -22.6. The topological polar surface area (TPSA) is 361 Å². The molecular formula is C86H103Cl5F8KNO23S11. The summed E-state index contributed by atoms with van der Waals surface area (Å²) < 4.78 is 316. The molecule has 2 N–H and O–H groups in total. The van der Waals surface area contributed by atoms with Gasteiger partial charge in [-0.3, -0.25) is 8.37 Å². The van der Waals surface area contributed by atoms with E-state index in [2.05, 4.69) is 53.2 Å². The molecule has 0 amide bonds. The first kappa shape index (κ1) is 124. The number of aliphatic hydroxyl groups excluding tert-OH is 2. The van der Waals surface area contributed by atoms with Gasteiger partial charge in [0.05, 0.1) is 113 Å². The van der Waals surface area contributed by atoms with Crippen LogP contribution in [0.1, 0.15) is 93.4 Å². The zero-order valence-corrected chi connectivity index (χ0v) is 89.7. The van der Waals surface area contributed by atoms with E-state index in [1.54, 1.807) is 32.5 Å². The van der Waals surface area contributed by atoms with Gasteiger partial charge in [0.25, 0.3) is 20.2 Å². The van der Waals surface area contributed by atoms with Gasteiger partial charge < -0.3 is 39.2 Å². The molecule has 13 rings (SSSR count). The second-order valence-corrected chi connectivity index (χ2v) is 50.8. The molecule has 748 valence electrons. The summed E-state index contributed by atoms with van der Waals surface area (Å²) in [6.07, 6.45) is 2.85. The second-order valence-electron chi connectivity index (χ2n) is 30.4. The van der Waals surface area contributed by atoms with Gasteiger partial charge in [0.2, 0.25) is 9.05 Å². The van der Waals surface area contributed by atoms with Crippen molar-refractivity contribution < 1.29 is 188 Å². The number of hydrogen-bond donors (Lipinski definition) is 3. The molecule has 24 nitrogen and oxygen atoms in total. The molecule has 0 spiro atoms. The van der Waals surface area contributed by atoms with Gasteiger partial charge in [0.15, 0.2) is 85.6 Å². The molecule has 5 heterocycles. The summed E-state index contributed by atoms with van der Waals surface area (Å²) in [5, 5.41) is 24.0. The van der Waals surface area contributed by atoms with Crippen LogP contribution in [0.4, 0.5) is 35.1 Å². The monoisotopic (exact) mass is 2240 g/mol. The van der Waals surface area contributed by atoms with Crippen molar-refractivity contribution >= 4 is 174 Å². The van der Waals surface area contributed by atoms with Gasteiger partial charge in [-0.25, -0.2) is 77.2 Å². The maximum atomic E-state index is 14.8. The summed E-state index contributed by atoms with van der Waals surface area (Å²) in [5.74, 6) is -8.44. The van der Waals surface area contributed by atoms with Crippen molar-refractivity contribution in [2.45, 2.75) is 101 Å². The number of rotatable bonds is 25. The minimum absolute atomic E-state index is 0. The average Bonchev–Trinajstić information content (AvgIpc) is 0.699. The fourth-order valence-corrected chi connectivity index (χ4v) is 27.3. The van der Waals surface area contributed by atoms with E-state index in [1.807, 2.05) is 0 Å². The Balaban J connectivity index is 0.000000349. The molecule has 1 saturated heterocycles. The third-order valence-electron chi connectivity index (χ3n) is 19.7. The fraction of sp³-hybridized carbons (Fsp3) is 0.442. The second kappa shape index (κ2) is 55.4. The number of ether oxygens (including phenoxy) is 4. The number of halogens is 13.